The fourth-order valence-electron chi connectivity index (χ4n) is 1.80. The van der Waals surface area contributed by atoms with Crippen LogP contribution in [-0.4, -0.2) is 39.5 Å². The lowest BCUT2D eigenvalue weighted by Crippen LogP contribution is -2.50. The number of nitrogens with zero attached hydrogens (tertiary/aromatic N) is 1. The van der Waals surface area contributed by atoms with Gasteiger partial charge in [0.1, 0.15) is 17.1 Å². The number of benzene rings is 1. The monoisotopic (exact) mass is 278 g/mol. The molecule has 1 amide bonds. The minimum atomic E-state index is -1.33. The summed E-state index contributed by atoms with van der Waals surface area (Å²) >= 11 is 0. The number of carboxylic acid groups (broad SMARTS) is 1. The maximum atomic E-state index is 13.1. The van der Waals surface area contributed by atoms with Crippen LogP contribution < -0.4 is 0 Å². The van der Waals surface area contributed by atoms with Crippen LogP contribution in [0.25, 0.3) is 10.9 Å². The van der Waals surface area contributed by atoms with Gasteiger partial charge in [0, 0.05) is 18.0 Å². The minimum absolute atomic E-state index is 0.224. The standard InChI is InChI=1S/C14H15FN2O3/c1-14(2,13(19)20)17(3)12(18)11-7-8-6-9(15)4-5-10(8)16-11/h4-7,16H,1-3H3,(H,19,20). The van der Waals surface area contributed by atoms with E-state index in [2.05, 4.69) is 4.98 Å². The third kappa shape index (κ3) is 2.24. The summed E-state index contributed by atoms with van der Waals surface area (Å²) < 4.78 is 13.1. The molecule has 0 aliphatic rings. The van der Waals surface area contributed by atoms with Crippen molar-refractivity contribution in [3.05, 3.63) is 35.8 Å². The van der Waals surface area contributed by atoms with Crippen molar-refractivity contribution in [1.82, 2.24) is 9.88 Å². The lowest BCUT2D eigenvalue weighted by Gasteiger charge is -2.31. The summed E-state index contributed by atoms with van der Waals surface area (Å²) in [4.78, 5) is 27.4. The van der Waals surface area contributed by atoms with Gasteiger partial charge in [-0.2, -0.15) is 0 Å². The van der Waals surface area contributed by atoms with Gasteiger partial charge >= 0.3 is 5.97 Å². The Balaban J connectivity index is 2.38. The highest BCUT2D eigenvalue weighted by Crippen LogP contribution is 2.20. The number of halogens is 1. The van der Waals surface area contributed by atoms with E-state index in [9.17, 15) is 14.0 Å². The lowest BCUT2D eigenvalue weighted by molar-refractivity contribution is -0.147. The number of hydrogen-bond acceptors (Lipinski definition) is 2. The number of aromatic amines is 1. The summed E-state index contributed by atoms with van der Waals surface area (Å²) in [6.07, 6.45) is 0. The molecule has 0 fully saturated rings. The average Bonchev–Trinajstić information content (AvgIpc) is 2.79. The summed E-state index contributed by atoms with van der Waals surface area (Å²) in [5.41, 5.74) is -0.488. The highest BCUT2D eigenvalue weighted by atomic mass is 19.1. The molecule has 1 heterocycles. The molecule has 2 rings (SSSR count). The summed E-state index contributed by atoms with van der Waals surface area (Å²) in [5.74, 6) is -1.96. The van der Waals surface area contributed by atoms with Gasteiger partial charge in [-0.1, -0.05) is 0 Å². The molecule has 0 saturated heterocycles. The fourth-order valence-corrected chi connectivity index (χ4v) is 1.80. The molecular formula is C14H15FN2O3. The van der Waals surface area contributed by atoms with E-state index in [0.717, 1.165) is 4.90 Å². The Kier molecular flexibility index (Phi) is 3.25. The SMILES string of the molecule is CN(C(=O)c1cc2cc(F)ccc2[nH]1)C(C)(C)C(=O)O. The smallest absolute Gasteiger partial charge is 0.329 e. The van der Waals surface area contributed by atoms with Crippen molar-refractivity contribution < 1.29 is 19.1 Å². The van der Waals surface area contributed by atoms with Gasteiger partial charge in [0.2, 0.25) is 0 Å². The molecule has 1 aromatic heterocycles. The van der Waals surface area contributed by atoms with Gasteiger partial charge in [-0.05, 0) is 38.1 Å². The molecule has 0 bridgehead atoms. The third-order valence-corrected chi connectivity index (χ3v) is 3.48. The highest BCUT2D eigenvalue weighted by Gasteiger charge is 2.36. The summed E-state index contributed by atoms with van der Waals surface area (Å²) in [5, 5.41) is 9.69. The van der Waals surface area contributed by atoms with Crippen LogP contribution in [0, 0.1) is 5.82 Å². The number of H-pyrrole nitrogens is 1. The first kappa shape index (κ1) is 14.0. The first-order chi connectivity index (χ1) is 9.23. The number of rotatable bonds is 3. The van der Waals surface area contributed by atoms with Gasteiger partial charge in [0.05, 0.1) is 0 Å². The number of carbonyl (C=O) groups is 2. The molecule has 5 nitrogen and oxygen atoms in total. The van der Waals surface area contributed by atoms with Crippen LogP contribution in [0.2, 0.25) is 0 Å². The second kappa shape index (κ2) is 4.63. The number of aromatic nitrogens is 1. The van der Waals surface area contributed by atoms with Crippen LogP contribution in [0.5, 0.6) is 0 Å². The highest BCUT2D eigenvalue weighted by molar-refractivity contribution is 6.00. The Morgan fingerprint density at radius 1 is 1.30 bits per heavy atom. The van der Waals surface area contributed by atoms with Gasteiger partial charge in [-0.3, -0.25) is 4.79 Å². The molecule has 2 N–H and O–H groups in total. The first-order valence-corrected chi connectivity index (χ1v) is 6.03. The largest absolute Gasteiger partial charge is 0.480 e. The molecule has 0 atom stereocenters. The van der Waals surface area contributed by atoms with E-state index < -0.39 is 23.2 Å². The van der Waals surface area contributed by atoms with Crippen molar-refractivity contribution in [1.29, 1.82) is 0 Å². The number of fused-ring (bicyclic) bond motifs is 1. The molecule has 1 aromatic carbocycles. The second-order valence-electron chi connectivity index (χ2n) is 5.14. The quantitative estimate of drug-likeness (QED) is 0.904. The van der Waals surface area contributed by atoms with E-state index >= 15 is 0 Å². The summed E-state index contributed by atoms with van der Waals surface area (Å²) in [7, 11) is 1.42. The predicted molar refractivity (Wildman–Crippen MR) is 72.1 cm³/mol. The van der Waals surface area contributed by atoms with Crippen LogP contribution in [0.4, 0.5) is 4.39 Å². The Bertz CT molecular complexity index is 691. The Morgan fingerprint density at radius 2 is 1.95 bits per heavy atom. The summed E-state index contributed by atoms with van der Waals surface area (Å²) in [6, 6.07) is 5.64. The van der Waals surface area contributed by atoms with Crippen molar-refractivity contribution in [3.63, 3.8) is 0 Å². The number of aliphatic carboxylic acids is 1. The van der Waals surface area contributed by atoms with Crippen LogP contribution in [0.1, 0.15) is 24.3 Å². The first-order valence-electron chi connectivity index (χ1n) is 6.03. The maximum absolute atomic E-state index is 13.1. The van der Waals surface area contributed by atoms with Crippen LogP contribution in [-0.2, 0) is 4.79 Å². The van der Waals surface area contributed by atoms with Crippen molar-refractivity contribution in [2.45, 2.75) is 19.4 Å². The van der Waals surface area contributed by atoms with E-state index in [4.69, 9.17) is 5.11 Å². The zero-order valence-corrected chi connectivity index (χ0v) is 11.4. The molecule has 20 heavy (non-hydrogen) atoms. The zero-order chi connectivity index (χ0) is 15.1. The Hall–Kier alpha value is -2.37. The van der Waals surface area contributed by atoms with Crippen molar-refractivity contribution in [2.24, 2.45) is 0 Å². The van der Waals surface area contributed by atoms with E-state index in [-0.39, 0.29) is 5.69 Å². The summed E-state index contributed by atoms with van der Waals surface area (Å²) in [6.45, 7) is 2.88. The van der Waals surface area contributed by atoms with Gasteiger partial charge in [-0.25, -0.2) is 9.18 Å². The lowest BCUT2D eigenvalue weighted by atomic mass is 10.0. The predicted octanol–water partition coefficient (Wildman–Crippen LogP) is 2.24. The molecule has 0 aliphatic heterocycles. The number of hydrogen-bond donors (Lipinski definition) is 2. The van der Waals surface area contributed by atoms with Crippen LogP contribution in [0.3, 0.4) is 0 Å². The van der Waals surface area contributed by atoms with Crippen molar-refractivity contribution in [2.75, 3.05) is 7.05 Å². The molecule has 0 aliphatic carbocycles. The van der Waals surface area contributed by atoms with Crippen molar-refractivity contribution >= 4 is 22.8 Å². The second-order valence-corrected chi connectivity index (χ2v) is 5.14. The van der Waals surface area contributed by atoms with Gasteiger partial charge in [0.25, 0.3) is 5.91 Å². The molecule has 6 heteroatoms. The topological polar surface area (TPSA) is 73.4 Å². The number of likely N-dealkylation sites (N-methyl/N-ethyl adjacent to an activating group) is 1. The Morgan fingerprint density at radius 3 is 2.55 bits per heavy atom. The van der Waals surface area contributed by atoms with Crippen molar-refractivity contribution in [3.8, 4) is 0 Å². The van der Waals surface area contributed by atoms with Crippen LogP contribution >= 0.6 is 0 Å². The molecule has 0 spiro atoms. The van der Waals surface area contributed by atoms with E-state index in [1.165, 1.54) is 45.2 Å². The van der Waals surface area contributed by atoms with Gasteiger partial charge in [0.15, 0.2) is 0 Å². The van der Waals surface area contributed by atoms with E-state index in [1.54, 1.807) is 0 Å². The molecular weight excluding hydrogens is 263 g/mol. The average molecular weight is 278 g/mol. The maximum Gasteiger partial charge on any atom is 0.329 e. The van der Waals surface area contributed by atoms with E-state index in [1.807, 2.05) is 0 Å². The van der Waals surface area contributed by atoms with Gasteiger partial charge < -0.3 is 15.0 Å². The van der Waals surface area contributed by atoms with E-state index in [0.29, 0.717) is 10.9 Å². The zero-order valence-electron chi connectivity index (χ0n) is 11.4. The molecule has 0 radical (unpaired) electrons. The number of carboxylic acids is 1. The van der Waals surface area contributed by atoms with Crippen LogP contribution in [0.15, 0.2) is 24.3 Å². The Labute approximate surface area is 115 Å². The normalized spacial score (nSPS) is 11.6. The molecule has 0 saturated carbocycles. The third-order valence-electron chi connectivity index (χ3n) is 3.48. The fraction of sp³-hybridized carbons (Fsp3) is 0.286. The molecule has 106 valence electrons. The number of carbonyl (C=O) groups excluding carboxylic acids is 1. The number of amides is 1. The molecule has 2 aromatic rings. The minimum Gasteiger partial charge on any atom is -0.480 e. The number of nitrogens with one attached hydrogen (secondary N) is 1. The molecule has 0 unspecified atom stereocenters. The van der Waals surface area contributed by atoms with Gasteiger partial charge in [-0.15, -0.1) is 0 Å².